The third-order valence-corrected chi connectivity index (χ3v) is 3.22. The smallest absolute Gasteiger partial charge is 0.303 e. The second-order valence-corrected chi connectivity index (χ2v) is 5.84. The molecule has 0 heterocycles. The number of benzene rings is 1. The van der Waals surface area contributed by atoms with Crippen LogP contribution < -0.4 is 0 Å². The lowest BCUT2D eigenvalue weighted by Crippen LogP contribution is -2.35. The molecule has 0 aliphatic carbocycles. The number of rotatable bonds is 5. The molecule has 3 heteroatoms. The zero-order chi connectivity index (χ0) is 13.9. The first-order chi connectivity index (χ1) is 8.24. The highest BCUT2D eigenvalue weighted by Crippen LogP contribution is 2.39. The Labute approximate surface area is 109 Å². The maximum absolute atomic E-state index is 11.0. The van der Waals surface area contributed by atoms with Crippen LogP contribution in [-0.4, -0.2) is 30.1 Å². The van der Waals surface area contributed by atoms with Gasteiger partial charge in [-0.3, -0.25) is 4.79 Å². The molecular weight excluding hydrogens is 226 g/mol. The fourth-order valence-corrected chi connectivity index (χ4v) is 2.77. The Kier molecular flexibility index (Phi) is 4.52. The first kappa shape index (κ1) is 14.7. The number of hydrogen-bond acceptors (Lipinski definition) is 2. The van der Waals surface area contributed by atoms with Gasteiger partial charge in [0.15, 0.2) is 0 Å². The molecule has 0 fully saturated rings. The summed E-state index contributed by atoms with van der Waals surface area (Å²) in [5.74, 6) is -0.750. The van der Waals surface area contributed by atoms with Crippen LogP contribution in [0.2, 0.25) is 0 Å². The average Bonchev–Trinajstić information content (AvgIpc) is 2.13. The monoisotopic (exact) mass is 249 g/mol. The second-order valence-electron chi connectivity index (χ2n) is 5.84. The molecular formula is C15H23NO2. The standard InChI is InChI=1S/C15H23NO2/c1-11-7-6-8-12(9-11)14(16(4)5)15(2,3)10-13(17)18/h6-9,14H,10H2,1-5H3,(H,17,18). The van der Waals surface area contributed by atoms with E-state index < -0.39 is 5.97 Å². The summed E-state index contributed by atoms with van der Waals surface area (Å²) in [6, 6.07) is 8.38. The molecule has 0 aromatic heterocycles. The Hall–Kier alpha value is -1.35. The molecule has 1 aromatic carbocycles. The van der Waals surface area contributed by atoms with Gasteiger partial charge < -0.3 is 10.0 Å². The summed E-state index contributed by atoms with van der Waals surface area (Å²) >= 11 is 0. The van der Waals surface area contributed by atoms with Gasteiger partial charge in [-0.05, 0) is 32.0 Å². The predicted molar refractivity (Wildman–Crippen MR) is 73.6 cm³/mol. The molecule has 0 saturated carbocycles. The van der Waals surface area contributed by atoms with E-state index in [2.05, 4.69) is 30.0 Å². The molecule has 3 nitrogen and oxygen atoms in total. The molecule has 0 aliphatic rings. The van der Waals surface area contributed by atoms with E-state index in [1.807, 2.05) is 34.0 Å². The Morgan fingerprint density at radius 2 is 2.00 bits per heavy atom. The van der Waals surface area contributed by atoms with Gasteiger partial charge in [0.25, 0.3) is 0 Å². The minimum atomic E-state index is -0.750. The minimum Gasteiger partial charge on any atom is -0.481 e. The Morgan fingerprint density at radius 1 is 1.39 bits per heavy atom. The van der Waals surface area contributed by atoms with E-state index in [9.17, 15) is 4.79 Å². The number of carboxylic acids is 1. The molecule has 100 valence electrons. The Bertz CT molecular complexity index is 424. The number of nitrogens with zero attached hydrogens (tertiary/aromatic N) is 1. The van der Waals surface area contributed by atoms with Gasteiger partial charge in [0.1, 0.15) is 0 Å². The Balaban J connectivity index is 3.14. The van der Waals surface area contributed by atoms with Crippen LogP contribution in [0.3, 0.4) is 0 Å². The number of carboxylic acid groups (broad SMARTS) is 1. The van der Waals surface area contributed by atoms with E-state index in [0.717, 1.165) is 0 Å². The van der Waals surface area contributed by atoms with E-state index in [4.69, 9.17) is 5.11 Å². The van der Waals surface area contributed by atoms with Crippen LogP contribution in [0, 0.1) is 12.3 Å². The molecule has 0 aliphatic heterocycles. The maximum Gasteiger partial charge on any atom is 0.303 e. The lowest BCUT2D eigenvalue weighted by Gasteiger charge is -2.38. The van der Waals surface area contributed by atoms with Crippen molar-refractivity contribution in [3.05, 3.63) is 35.4 Å². The average molecular weight is 249 g/mol. The fourth-order valence-electron chi connectivity index (χ4n) is 2.77. The molecule has 0 saturated heterocycles. The highest BCUT2D eigenvalue weighted by atomic mass is 16.4. The van der Waals surface area contributed by atoms with Gasteiger partial charge in [0.2, 0.25) is 0 Å². The number of aryl methyl sites for hydroxylation is 1. The number of aliphatic carboxylic acids is 1. The molecule has 0 amide bonds. The van der Waals surface area contributed by atoms with Crippen molar-refractivity contribution >= 4 is 5.97 Å². The van der Waals surface area contributed by atoms with Crippen LogP contribution in [0.5, 0.6) is 0 Å². The molecule has 1 aromatic rings. The van der Waals surface area contributed by atoms with Crippen LogP contribution in [0.15, 0.2) is 24.3 Å². The van der Waals surface area contributed by atoms with Crippen molar-refractivity contribution in [1.29, 1.82) is 0 Å². The third kappa shape index (κ3) is 3.57. The van der Waals surface area contributed by atoms with Gasteiger partial charge in [0, 0.05) is 6.04 Å². The molecule has 1 atom stereocenters. The van der Waals surface area contributed by atoms with Crippen molar-refractivity contribution in [2.24, 2.45) is 5.41 Å². The zero-order valence-electron chi connectivity index (χ0n) is 11.9. The van der Waals surface area contributed by atoms with Crippen LogP contribution >= 0.6 is 0 Å². The second kappa shape index (κ2) is 5.53. The van der Waals surface area contributed by atoms with E-state index in [0.29, 0.717) is 0 Å². The molecule has 18 heavy (non-hydrogen) atoms. The zero-order valence-corrected chi connectivity index (χ0v) is 11.9. The quantitative estimate of drug-likeness (QED) is 0.871. The summed E-state index contributed by atoms with van der Waals surface area (Å²) < 4.78 is 0. The summed E-state index contributed by atoms with van der Waals surface area (Å²) in [6.07, 6.45) is 0.157. The first-order valence-electron chi connectivity index (χ1n) is 6.19. The van der Waals surface area contributed by atoms with E-state index in [1.165, 1.54) is 11.1 Å². The van der Waals surface area contributed by atoms with Gasteiger partial charge >= 0.3 is 5.97 Å². The fraction of sp³-hybridized carbons (Fsp3) is 0.533. The number of hydrogen-bond donors (Lipinski definition) is 1. The topological polar surface area (TPSA) is 40.5 Å². The first-order valence-corrected chi connectivity index (χ1v) is 6.19. The van der Waals surface area contributed by atoms with E-state index >= 15 is 0 Å². The van der Waals surface area contributed by atoms with Crippen molar-refractivity contribution in [2.75, 3.05) is 14.1 Å². The predicted octanol–water partition coefficient (Wildman–Crippen LogP) is 3.10. The highest BCUT2D eigenvalue weighted by Gasteiger charge is 2.34. The van der Waals surface area contributed by atoms with E-state index in [-0.39, 0.29) is 17.9 Å². The van der Waals surface area contributed by atoms with Crippen molar-refractivity contribution in [3.8, 4) is 0 Å². The summed E-state index contributed by atoms with van der Waals surface area (Å²) in [5.41, 5.74) is 2.06. The molecule has 0 bridgehead atoms. The summed E-state index contributed by atoms with van der Waals surface area (Å²) in [4.78, 5) is 13.1. The summed E-state index contributed by atoms with van der Waals surface area (Å²) in [5, 5.41) is 9.06. The molecule has 0 radical (unpaired) electrons. The highest BCUT2D eigenvalue weighted by molar-refractivity contribution is 5.67. The van der Waals surface area contributed by atoms with Gasteiger partial charge in [-0.15, -0.1) is 0 Å². The third-order valence-electron chi connectivity index (χ3n) is 3.22. The van der Waals surface area contributed by atoms with Gasteiger partial charge in [-0.25, -0.2) is 0 Å². The molecule has 0 spiro atoms. The van der Waals surface area contributed by atoms with Crippen LogP contribution in [0.1, 0.15) is 37.4 Å². The SMILES string of the molecule is Cc1cccc(C(N(C)C)C(C)(C)CC(=O)O)c1. The molecule has 1 unspecified atom stereocenters. The Morgan fingerprint density at radius 3 is 2.44 bits per heavy atom. The van der Waals surface area contributed by atoms with Crippen molar-refractivity contribution in [3.63, 3.8) is 0 Å². The molecule has 1 N–H and O–H groups in total. The lowest BCUT2D eigenvalue weighted by atomic mass is 9.77. The number of carbonyl (C=O) groups is 1. The van der Waals surface area contributed by atoms with Crippen molar-refractivity contribution in [2.45, 2.75) is 33.2 Å². The maximum atomic E-state index is 11.0. The lowest BCUT2D eigenvalue weighted by molar-refractivity contribution is -0.140. The van der Waals surface area contributed by atoms with Crippen LogP contribution in [0.25, 0.3) is 0 Å². The van der Waals surface area contributed by atoms with Crippen LogP contribution in [-0.2, 0) is 4.79 Å². The van der Waals surface area contributed by atoms with Gasteiger partial charge in [0.05, 0.1) is 6.42 Å². The minimum absolute atomic E-state index is 0.0912. The van der Waals surface area contributed by atoms with Crippen LogP contribution in [0.4, 0.5) is 0 Å². The molecule has 1 rings (SSSR count). The van der Waals surface area contributed by atoms with Crippen molar-refractivity contribution in [1.82, 2.24) is 4.90 Å². The summed E-state index contributed by atoms with van der Waals surface area (Å²) in [7, 11) is 3.99. The van der Waals surface area contributed by atoms with Gasteiger partial charge in [-0.2, -0.15) is 0 Å². The van der Waals surface area contributed by atoms with Gasteiger partial charge in [-0.1, -0.05) is 43.7 Å². The van der Waals surface area contributed by atoms with Crippen molar-refractivity contribution < 1.29 is 9.90 Å². The van der Waals surface area contributed by atoms with E-state index in [1.54, 1.807) is 0 Å². The normalized spacial score (nSPS) is 13.7. The summed E-state index contributed by atoms with van der Waals surface area (Å²) in [6.45, 7) is 6.07. The largest absolute Gasteiger partial charge is 0.481 e.